The number of anilines is 1. The van der Waals surface area contributed by atoms with Gasteiger partial charge in [-0.3, -0.25) is 19.3 Å². The molecule has 0 aromatic heterocycles. The minimum atomic E-state index is -1.04. The number of urea groups is 1. The van der Waals surface area contributed by atoms with Gasteiger partial charge in [0.05, 0.1) is 5.69 Å². The molecule has 9 nitrogen and oxygen atoms in total. The number of piperazine rings is 1. The zero-order valence-corrected chi connectivity index (χ0v) is 17.0. The van der Waals surface area contributed by atoms with Crippen molar-refractivity contribution in [2.24, 2.45) is 0 Å². The molecule has 0 radical (unpaired) electrons. The molecular formula is C20H25FN4O5. The standard InChI is InChI=1S/C20H25FN4O5/c1-3-20(2)18(28)25(19(29)22-20)12-17(27)30-13-16(26)24-10-8-23(9-11-24)15-7-5-4-6-14(15)21/h4-7H,3,8-13H2,1-2H3,(H,22,29). The molecule has 30 heavy (non-hydrogen) atoms. The molecular weight excluding hydrogens is 395 g/mol. The summed E-state index contributed by atoms with van der Waals surface area (Å²) in [4.78, 5) is 52.8. The summed E-state index contributed by atoms with van der Waals surface area (Å²) in [5.41, 5.74) is -0.547. The number of halogens is 1. The van der Waals surface area contributed by atoms with Gasteiger partial charge in [0.25, 0.3) is 11.8 Å². The van der Waals surface area contributed by atoms with E-state index >= 15 is 0 Å². The van der Waals surface area contributed by atoms with Gasteiger partial charge >= 0.3 is 12.0 Å². The zero-order chi connectivity index (χ0) is 21.9. The number of carbonyl (C=O) groups is 4. The van der Waals surface area contributed by atoms with Gasteiger partial charge in [-0.2, -0.15) is 0 Å². The summed E-state index contributed by atoms with van der Waals surface area (Å²) in [6.07, 6.45) is 0.389. The Kier molecular flexibility index (Phi) is 6.23. The van der Waals surface area contributed by atoms with Gasteiger partial charge in [-0.1, -0.05) is 19.1 Å². The van der Waals surface area contributed by atoms with Crippen molar-refractivity contribution >= 4 is 29.5 Å². The third kappa shape index (κ3) is 4.37. The maximum absolute atomic E-state index is 13.9. The molecule has 1 atom stereocenters. The predicted octanol–water partition coefficient (Wildman–Crippen LogP) is 0.738. The van der Waals surface area contributed by atoms with Gasteiger partial charge in [0.15, 0.2) is 6.61 Å². The highest BCUT2D eigenvalue weighted by atomic mass is 19.1. The molecule has 2 aliphatic rings. The summed E-state index contributed by atoms with van der Waals surface area (Å²) in [5.74, 6) is -2.03. The van der Waals surface area contributed by atoms with Crippen molar-refractivity contribution < 1.29 is 28.3 Å². The van der Waals surface area contributed by atoms with E-state index in [1.54, 1.807) is 32.0 Å². The van der Waals surface area contributed by atoms with Gasteiger partial charge < -0.3 is 19.9 Å². The van der Waals surface area contributed by atoms with E-state index in [2.05, 4.69) is 5.32 Å². The summed E-state index contributed by atoms with van der Waals surface area (Å²) in [7, 11) is 0. The van der Waals surface area contributed by atoms with Crippen molar-refractivity contribution in [3.8, 4) is 0 Å². The molecule has 2 heterocycles. The van der Waals surface area contributed by atoms with Crippen LogP contribution in [0.25, 0.3) is 0 Å². The van der Waals surface area contributed by atoms with E-state index in [0.717, 1.165) is 4.90 Å². The number of para-hydroxylation sites is 1. The van der Waals surface area contributed by atoms with E-state index in [1.165, 1.54) is 11.0 Å². The van der Waals surface area contributed by atoms with Crippen LogP contribution in [-0.2, 0) is 19.1 Å². The van der Waals surface area contributed by atoms with E-state index in [0.29, 0.717) is 38.3 Å². The second-order valence-corrected chi connectivity index (χ2v) is 7.49. The lowest BCUT2D eigenvalue weighted by atomic mass is 9.99. The fourth-order valence-corrected chi connectivity index (χ4v) is 3.44. The van der Waals surface area contributed by atoms with Crippen LogP contribution in [-0.4, -0.2) is 78.5 Å². The lowest BCUT2D eigenvalue weighted by molar-refractivity contribution is -0.153. The molecule has 4 amide bonds. The Bertz CT molecular complexity index is 855. The molecule has 1 unspecified atom stereocenters. The molecule has 2 aliphatic heterocycles. The fourth-order valence-electron chi connectivity index (χ4n) is 3.44. The van der Waals surface area contributed by atoms with Crippen LogP contribution in [0, 0.1) is 5.82 Å². The average Bonchev–Trinajstić information content (AvgIpc) is 2.96. The quantitative estimate of drug-likeness (QED) is 0.538. The number of benzene rings is 1. The maximum atomic E-state index is 13.9. The summed E-state index contributed by atoms with van der Waals surface area (Å²) < 4.78 is 18.9. The highest BCUT2D eigenvalue weighted by Crippen LogP contribution is 2.21. The summed E-state index contributed by atoms with van der Waals surface area (Å²) in [6, 6.07) is 5.80. The molecule has 0 bridgehead atoms. The third-order valence-electron chi connectivity index (χ3n) is 5.52. The van der Waals surface area contributed by atoms with E-state index in [9.17, 15) is 23.6 Å². The van der Waals surface area contributed by atoms with Crippen molar-refractivity contribution in [3.63, 3.8) is 0 Å². The summed E-state index contributed by atoms with van der Waals surface area (Å²) in [5, 5.41) is 2.55. The summed E-state index contributed by atoms with van der Waals surface area (Å²) >= 11 is 0. The monoisotopic (exact) mass is 420 g/mol. The molecule has 1 aromatic carbocycles. The van der Waals surface area contributed by atoms with Gasteiger partial charge in [-0.25, -0.2) is 9.18 Å². The number of hydrogen-bond donors (Lipinski definition) is 1. The molecule has 2 saturated heterocycles. The average molecular weight is 420 g/mol. The summed E-state index contributed by atoms with van der Waals surface area (Å²) in [6.45, 7) is 3.96. The van der Waals surface area contributed by atoms with Crippen molar-refractivity contribution in [1.29, 1.82) is 0 Å². The van der Waals surface area contributed by atoms with Crippen molar-refractivity contribution in [2.75, 3.05) is 44.2 Å². The predicted molar refractivity (Wildman–Crippen MR) is 105 cm³/mol. The number of nitrogens with zero attached hydrogens (tertiary/aromatic N) is 3. The largest absolute Gasteiger partial charge is 0.454 e. The SMILES string of the molecule is CCC1(C)NC(=O)N(CC(=O)OCC(=O)N2CCN(c3ccccc3F)CC2)C1=O. The van der Waals surface area contributed by atoms with Crippen molar-refractivity contribution in [3.05, 3.63) is 30.1 Å². The first-order valence-corrected chi connectivity index (χ1v) is 9.82. The van der Waals surface area contributed by atoms with E-state index in [-0.39, 0.29) is 11.7 Å². The fraction of sp³-hybridized carbons (Fsp3) is 0.500. The highest BCUT2D eigenvalue weighted by Gasteiger charge is 2.47. The first-order chi connectivity index (χ1) is 14.2. The van der Waals surface area contributed by atoms with E-state index in [4.69, 9.17) is 4.74 Å². The molecule has 10 heteroatoms. The number of carbonyl (C=O) groups excluding carboxylic acids is 4. The normalized spacial score (nSPS) is 21.6. The van der Waals surface area contributed by atoms with Gasteiger partial charge in [0, 0.05) is 26.2 Å². The minimum Gasteiger partial charge on any atom is -0.454 e. The number of esters is 1. The van der Waals surface area contributed by atoms with Crippen LogP contribution in [0.5, 0.6) is 0 Å². The second kappa shape index (κ2) is 8.68. The first-order valence-electron chi connectivity index (χ1n) is 9.82. The number of hydrogen-bond acceptors (Lipinski definition) is 6. The van der Waals surface area contributed by atoms with Crippen molar-refractivity contribution in [2.45, 2.75) is 25.8 Å². The zero-order valence-electron chi connectivity index (χ0n) is 17.0. The van der Waals surface area contributed by atoms with Crippen LogP contribution in [0.4, 0.5) is 14.9 Å². The Labute approximate surface area is 173 Å². The van der Waals surface area contributed by atoms with Gasteiger partial charge in [0.2, 0.25) is 0 Å². The highest BCUT2D eigenvalue weighted by molar-refractivity contribution is 6.08. The topological polar surface area (TPSA) is 99.3 Å². The van der Waals surface area contributed by atoms with Crippen LogP contribution in [0.15, 0.2) is 24.3 Å². The Balaban J connectivity index is 1.45. The molecule has 0 spiro atoms. The lowest BCUT2D eigenvalue weighted by Crippen LogP contribution is -2.50. The first kappa shape index (κ1) is 21.5. The van der Waals surface area contributed by atoms with Crippen LogP contribution in [0.1, 0.15) is 20.3 Å². The third-order valence-corrected chi connectivity index (χ3v) is 5.52. The number of imide groups is 1. The number of rotatable bonds is 6. The molecule has 0 saturated carbocycles. The molecule has 162 valence electrons. The van der Waals surface area contributed by atoms with Crippen LogP contribution in [0.3, 0.4) is 0 Å². The Morgan fingerprint density at radius 2 is 1.83 bits per heavy atom. The number of ether oxygens (including phenoxy) is 1. The van der Waals surface area contributed by atoms with E-state index < -0.39 is 36.6 Å². The second-order valence-electron chi connectivity index (χ2n) is 7.49. The van der Waals surface area contributed by atoms with Gasteiger partial charge in [0.1, 0.15) is 17.9 Å². The smallest absolute Gasteiger partial charge is 0.326 e. The van der Waals surface area contributed by atoms with Gasteiger partial charge in [-0.15, -0.1) is 0 Å². The van der Waals surface area contributed by atoms with Crippen LogP contribution in [0.2, 0.25) is 0 Å². The minimum absolute atomic E-state index is 0.314. The molecule has 3 rings (SSSR count). The van der Waals surface area contributed by atoms with Crippen LogP contribution < -0.4 is 10.2 Å². The number of amides is 4. The Hall–Kier alpha value is -3.17. The lowest BCUT2D eigenvalue weighted by Gasteiger charge is -2.36. The van der Waals surface area contributed by atoms with Gasteiger partial charge in [-0.05, 0) is 25.5 Å². The van der Waals surface area contributed by atoms with Crippen LogP contribution >= 0.6 is 0 Å². The Morgan fingerprint density at radius 3 is 2.43 bits per heavy atom. The molecule has 1 N–H and O–H groups in total. The molecule has 0 aliphatic carbocycles. The molecule has 2 fully saturated rings. The Morgan fingerprint density at radius 1 is 1.17 bits per heavy atom. The maximum Gasteiger partial charge on any atom is 0.326 e. The van der Waals surface area contributed by atoms with E-state index in [1.807, 2.05) is 4.90 Å². The number of nitrogens with one attached hydrogen (secondary N) is 1. The van der Waals surface area contributed by atoms with Crippen molar-refractivity contribution in [1.82, 2.24) is 15.1 Å². The molecule has 1 aromatic rings.